The zero-order valence-electron chi connectivity index (χ0n) is 17.7. The quantitative estimate of drug-likeness (QED) is 0.446. The van der Waals surface area contributed by atoms with Crippen LogP contribution in [0.25, 0.3) is 0 Å². The Morgan fingerprint density at radius 2 is 1.81 bits per heavy atom. The van der Waals surface area contributed by atoms with Gasteiger partial charge in [-0.2, -0.15) is 0 Å². The second kappa shape index (κ2) is 10.6. The Labute approximate surface area is 186 Å². The van der Waals surface area contributed by atoms with Gasteiger partial charge < -0.3 is 14.8 Å². The topological polar surface area (TPSA) is 120 Å². The van der Waals surface area contributed by atoms with Crippen LogP contribution in [0, 0.1) is 0 Å². The normalized spacial score (nSPS) is 10.9. The first-order chi connectivity index (χ1) is 15.4. The van der Waals surface area contributed by atoms with Gasteiger partial charge in [-0.25, -0.2) is 18.4 Å². The summed E-state index contributed by atoms with van der Waals surface area (Å²) >= 11 is 0. The number of benzene rings is 2. The fraction of sp³-hybridized carbons (Fsp3) is 0.227. The van der Waals surface area contributed by atoms with Crippen molar-refractivity contribution >= 4 is 27.4 Å². The molecule has 0 aliphatic rings. The number of rotatable bonds is 10. The molecular formula is C22H24N4O5S. The number of hydrogen-bond acceptors (Lipinski definition) is 7. The van der Waals surface area contributed by atoms with Gasteiger partial charge in [0.2, 0.25) is 5.88 Å². The molecule has 1 heterocycles. The Morgan fingerprint density at radius 1 is 1.06 bits per heavy atom. The average molecular weight is 457 g/mol. The molecule has 1 amide bonds. The summed E-state index contributed by atoms with van der Waals surface area (Å²) in [6.45, 7) is 2.59. The Kier molecular flexibility index (Phi) is 7.61. The fourth-order valence-electron chi connectivity index (χ4n) is 2.73. The van der Waals surface area contributed by atoms with Crippen LogP contribution in [0.2, 0.25) is 0 Å². The van der Waals surface area contributed by atoms with E-state index in [4.69, 9.17) is 9.47 Å². The third-order valence-corrected chi connectivity index (χ3v) is 5.77. The first-order valence-electron chi connectivity index (χ1n) is 9.95. The summed E-state index contributed by atoms with van der Waals surface area (Å²) in [7, 11) is -2.46. The lowest BCUT2D eigenvalue weighted by molar-refractivity contribution is 0.102. The third-order valence-electron chi connectivity index (χ3n) is 4.40. The minimum Gasteiger partial charge on any atom is -0.493 e. The molecule has 0 radical (unpaired) electrons. The zero-order chi connectivity index (χ0) is 23.0. The van der Waals surface area contributed by atoms with Gasteiger partial charge >= 0.3 is 0 Å². The standard InChI is InChI=1S/C22H24N4O5S/c1-3-4-13-31-19-8-6-5-7-18(19)22(27)25-16-9-11-17(12-10-16)32(28,29)26-20-14-21(30-2)24-15-23-20/h5-12,14-15H,3-4,13H2,1-2H3,(H,25,27)(H,23,24,26). The van der Waals surface area contributed by atoms with Crippen LogP contribution in [0.1, 0.15) is 30.1 Å². The van der Waals surface area contributed by atoms with E-state index in [1.54, 1.807) is 24.3 Å². The number of sulfonamides is 1. The molecule has 0 saturated heterocycles. The van der Waals surface area contributed by atoms with Crippen LogP contribution >= 0.6 is 0 Å². The molecule has 2 N–H and O–H groups in total. The SMILES string of the molecule is CCCCOc1ccccc1C(=O)Nc1ccc(S(=O)(=O)Nc2cc(OC)ncn2)cc1. The number of anilines is 2. The van der Waals surface area contributed by atoms with E-state index in [-0.39, 0.29) is 22.5 Å². The highest BCUT2D eigenvalue weighted by molar-refractivity contribution is 7.92. The number of hydrogen-bond donors (Lipinski definition) is 2. The first-order valence-corrected chi connectivity index (χ1v) is 11.4. The van der Waals surface area contributed by atoms with Crippen LogP contribution in [0.15, 0.2) is 65.8 Å². The molecule has 32 heavy (non-hydrogen) atoms. The summed E-state index contributed by atoms with van der Waals surface area (Å²) in [5.74, 6) is 0.463. The van der Waals surface area contributed by atoms with Gasteiger partial charge in [0.15, 0.2) is 0 Å². The van der Waals surface area contributed by atoms with E-state index in [0.29, 0.717) is 23.6 Å². The van der Waals surface area contributed by atoms with Crippen LogP contribution in [0.3, 0.4) is 0 Å². The summed E-state index contributed by atoms with van der Waals surface area (Å²) < 4.78 is 38.3. The zero-order valence-corrected chi connectivity index (χ0v) is 18.6. The average Bonchev–Trinajstić information content (AvgIpc) is 2.80. The molecule has 0 unspecified atom stereocenters. The second-order valence-electron chi connectivity index (χ2n) is 6.73. The maximum Gasteiger partial charge on any atom is 0.263 e. The second-order valence-corrected chi connectivity index (χ2v) is 8.41. The van der Waals surface area contributed by atoms with E-state index in [1.807, 2.05) is 0 Å². The molecule has 0 atom stereocenters. The molecule has 3 aromatic rings. The molecule has 1 aromatic heterocycles. The lowest BCUT2D eigenvalue weighted by Crippen LogP contribution is -2.15. The molecule has 0 saturated carbocycles. The highest BCUT2D eigenvalue weighted by atomic mass is 32.2. The van der Waals surface area contributed by atoms with Crippen LogP contribution < -0.4 is 19.5 Å². The predicted octanol–water partition coefficient (Wildman–Crippen LogP) is 3.72. The summed E-state index contributed by atoms with van der Waals surface area (Å²) in [5, 5.41) is 2.76. The van der Waals surface area contributed by atoms with Gasteiger partial charge in [-0.1, -0.05) is 25.5 Å². The number of nitrogens with one attached hydrogen (secondary N) is 2. The number of carbonyl (C=O) groups excluding carboxylic acids is 1. The molecule has 9 nitrogen and oxygen atoms in total. The van der Waals surface area contributed by atoms with Crippen LogP contribution in [-0.2, 0) is 10.0 Å². The predicted molar refractivity (Wildman–Crippen MR) is 121 cm³/mol. The number of unbranched alkanes of at least 4 members (excludes halogenated alkanes) is 1. The lowest BCUT2D eigenvalue weighted by Gasteiger charge is -2.12. The Hall–Kier alpha value is -3.66. The van der Waals surface area contributed by atoms with Crippen LogP contribution in [0.5, 0.6) is 11.6 Å². The van der Waals surface area contributed by atoms with Crippen molar-refractivity contribution in [3.63, 3.8) is 0 Å². The van der Waals surface area contributed by atoms with Crippen molar-refractivity contribution in [3.05, 3.63) is 66.5 Å². The maximum atomic E-state index is 12.7. The number of carbonyl (C=O) groups is 1. The molecule has 0 aliphatic heterocycles. The van der Waals surface area contributed by atoms with E-state index in [1.165, 1.54) is 43.8 Å². The van der Waals surface area contributed by atoms with Crippen molar-refractivity contribution in [2.45, 2.75) is 24.7 Å². The third kappa shape index (κ3) is 5.94. The van der Waals surface area contributed by atoms with Crippen molar-refractivity contribution in [1.82, 2.24) is 9.97 Å². The van der Waals surface area contributed by atoms with Crippen molar-refractivity contribution in [2.24, 2.45) is 0 Å². The number of ether oxygens (including phenoxy) is 2. The molecule has 0 spiro atoms. The van der Waals surface area contributed by atoms with Gasteiger partial charge in [-0.3, -0.25) is 9.52 Å². The van der Waals surface area contributed by atoms with Gasteiger partial charge in [0.05, 0.1) is 24.2 Å². The molecule has 0 fully saturated rings. The Bertz CT molecular complexity index is 1170. The molecule has 2 aromatic carbocycles. The molecule has 168 valence electrons. The van der Waals surface area contributed by atoms with Gasteiger partial charge in [0.25, 0.3) is 15.9 Å². The summed E-state index contributed by atoms with van der Waals surface area (Å²) in [5.41, 5.74) is 0.848. The molecule has 0 bridgehead atoms. The largest absolute Gasteiger partial charge is 0.493 e. The number of amides is 1. The summed E-state index contributed by atoms with van der Waals surface area (Å²) in [6.07, 6.45) is 3.07. The van der Waals surface area contributed by atoms with Gasteiger partial charge in [-0.15, -0.1) is 0 Å². The van der Waals surface area contributed by atoms with Crippen molar-refractivity contribution < 1.29 is 22.7 Å². The van der Waals surface area contributed by atoms with Crippen LogP contribution in [0.4, 0.5) is 11.5 Å². The number of nitrogens with zero attached hydrogens (tertiary/aromatic N) is 2. The van der Waals surface area contributed by atoms with E-state index in [9.17, 15) is 13.2 Å². The summed E-state index contributed by atoms with van der Waals surface area (Å²) in [4.78, 5) is 20.4. The minimum atomic E-state index is -3.88. The smallest absolute Gasteiger partial charge is 0.263 e. The highest BCUT2D eigenvalue weighted by Gasteiger charge is 2.17. The van der Waals surface area contributed by atoms with E-state index >= 15 is 0 Å². The number of aromatic nitrogens is 2. The van der Waals surface area contributed by atoms with Crippen molar-refractivity contribution in [1.29, 1.82) is 0 Å². The van der Waals surface area contributed by atoms with Gasteiger partial charge in [-0.05, 0) is 42.8 Å². The fourth-order valence-corrected chi connectivity index (χ4v) is 3.73. The molecular weight excluding hydrogens is 432 g/mol. The minimum absolute atomic E-state index is 0.0105. The van der Waals surface area contributed by atoms with E-state index in [0.717, 1.165) is 12.8 Å². The molecule has 10 heteroatoms. The monoisotopic (exact) mass is 456 g/mol. The van der Waals surface area contributed by atoms with Crippen molar-refractivity contribution in [3.8, 4) is 11.6 Å². The molecule has 0 aliphatic carbocycles. The molecule has 3 rings (SSSR count). The lowest BCUT2D eigenvalue weighted by atomic mass is 10.2. The van der Waals surface area contributed by atoms with Crippen molar-refractivity contribution in [2.75, 3.05) is 23.8 Å². The highest BCUT2D eigenvalue weighted by Crippen LogP contribution is 2.22. The van der Waals surface area contributed by atoms with Crippen LogP contribution in [-0.4, -0.2) is 38.0 Å². The van der Waals surface area contributed by atoms with E-state index in [2.05, 4.69) is 26.9 Å². The number of methoxy groups -OCH3 is 1. The summed E-state index contributed by atoms with van der Waals surface area (Å²) in [6, 6.07) is 14.1. The van der Waals surface area contributed by atoms with Gasteiger partial charge in [0.1, 0.15) is 17.9 Å². The van der Waals surface area contributed by atoms with E-state index < -0.39 is 10.0 Å². The first kappa shape index (κ1) is 23.0. The van der Waals surface area contributed by atoms with Gasteiger partial charge in [0, 0.05) is 11.8 Å². The maximum absolute atomic E-state index is 12.7. The Morgan fingerprint density at radius 3 is 2.53 bits per heavy atom. The number of para-hydroxylation sites is 1. The Balaban J connectivity index is 1.70.